The fraction of sp³-hybridized carbons (Fsp3) is 0.286. The first-order valence-electron chi connectivity index (χ1n) is 5.63. The molecule has 0 saturated heterocycles. The molecule has 18 heavy (non-hydrogen) atoms. The lowest BCUT2D eigenvalue weighted by molar-refractivity contribution is -0.123. The van der Waals surface area contributed by atoms with Crippen molar-refractivity contribution in [2.24, 2.45) is 5.41 Å². The molecule has 1 amide bonds. The number of fused-ring (bicyclic) bond motifs is 1. The van der Waals surface area contributed by atoms with E-state index in [1.54, 1.807) is 20.9 Å². The van der Waals surface area contributed by atoms with Crippen molar-refractivity contribution in [1.29, 1.82) is 5.26 Å². The summed E-state index contributed by atoms with van der Waals surface area (Å²) in [6.45, 7) is 3.21. The predicted octanol–water partition coefficient (Wildman–Crippen LogP) is 2.95. The molecule has 1 heterocycles. The Morgan fingerprint density at radius 2 is 2.06 bits per heavy atom. The highest BCUT2D eigenvalue weighted by Gasteiger charge is 2.32. The number of furan rings is 1. The standard InChI is InChI=1S/C14H14N2O2/c1-14(2,9-15)13(17)16(3)11-8-18-12-7-5-4-6-10(11)12/h4-8H,1-3H3. The number of nitrogens with zero attached hydrogens (tertiary/aromatic N) is 2. The number of para-hydroxylation sites is 1. The van der Waals surface area contributed by atoms with Crippen LogP contribution in [-0.2, 0) is 4.79 Å². The van der Waals surface area contributed by atoms with Gasteiger partial charge in [-0.2, -0.15) is 5.26 Å². The van der Waals surface area contributed by atoms with Gasteiger partial charge in [-0.1, -0.05) is 12.1 Å². The maximum Gasteiger partial charge on any atom is 0.246 e. The summed E-state index contributed by atoms with van der Waals surface area (Å²) in [6, 6.07) is 9.49. The smallest absolute Gasteiger partial charge is 0.246 e. The monoisotopic (exact) mass is 242 g/mol. The molecule has 0 saturated carbocycles. The van der Waals surface area contributed by atoms with Crippen molar-refractivity contribution in [2.45, 2.75) is 13.8 Å². The van der Waals surface area contributed by atoms with Gasteiger partial charge in [0.05, 0.1) is 11.8 Å². The molecule has 0 aliphatic heterocycles. The lowest BCUT2D eigenvalue weighted by atomic mass is 9.94. The van der Waals surface area contributed by atoms with Crippen LogP contribution in [-0.4, -0.2) is 13.0 Å². The molecule has 0 atom stereocenters. The number of amides is 1. The SMILES string of the molecule is CN(C(=O)C(C)(C)C#N)c1coc2ccccc12. The van der Waals surface area contributed by atoms with Gasteiger partial charge in [0.15, 0.2) is 0 Å². The van der Waals surface area contributed by atoms with Crippen molar-refractivity contribution >= 4 is 22.6 Å². The minimum Gasteiger partial charge on any atom is -0.462 e. The van der Waals surface area contributed by atoms with E-state index in [1.807, 2.05) is 30.3 Å². The average molecular weight is 242 g/mol. The molecule has 0 radical (unpaired) electrons. The van der Waals surface area contributed by atoms with Crippen LogP contribution in [0.4, 0.5) is 5.69 Å². The Hall–Kier alpha value is -2.28. The van der Waals surface area contributed by atoms with Crippen LogP contribution in [0.3, 0.4) is 0 Å². The van der Waals surface area contributed by atoms with E-state index in [2.05, 4.69) is 0 Å². The highest BCUT2D eigenvalue weighted by molar-refractivity contribution is 6.04. The summed E-state index contributed by atoms with van der Waals surface area (Å²) in [7, 11) is 1.65. The van der Waals surface area contributed by atoms with Crippen LogP contribution >= 0.6 is 0 Å². The molecule has 0 aliphatic rings. The van der Waals surface area contributed by atoms with E-state index in [-0.39, 0.29) is 5.91 Å². The summed E-state index contributed by atoms with van der Waals surface area (Å²) in [5.41, 5.74) is 0.355. The fourth-order valence-corrected chi connectivity index (χ4v) is 1.80. The molecule has 4 nitrogen and oxygen atoms in total. The van der Waals surface area contributed by atoms with Crippen LogP contribution in [0.25, 0.3) is 11.0 Å². The van der Waals surface area contributed by atoms with Gasteiger partial charge in [0, 0.05) is 12.4 Å². The highest BCUT2D eigenvalue weighted by Crippen LogP contribution is 2.30. The van der Waals surface area contributed by atoms with Gasteiger partial charge in [-0.15, -0.1) is 0 Å². The Balaban J connectivity index is 2.44. The Kier molecular flexibility index (Phi) is 2.84. The van der Waals surface area contributed by atoms with Gasteiger partial charge in [-0.25, -0.2) is 0 Å². The molecule has 0 N–H and O–H groups in total. The van der Waals surface area contributed by atoms with Crippen molar-refractivity contribution in [3.05, 3.63) is 30.5 Å². The lowest BCUT2D eigenvalue weighted by Gasteiger charge is -2.22. The second kappa shape index (κ2) is 4.19. The van der Waals surface area contributed by atoms with Crippen LogP contribution < -0.4 is 4.90 Å². The zero-order valence-corrected chi connectivity index (χ0v) is 10.6. The largest absolute Gasteiger partial charge is 0.462 e. The first-order valence-corrected chi connectivity index (χ1v) is 5.63. The summed E-state index contributed by atoms with van der Waals surface area (Å²) in [5.74, 6) is -0.253. The fourth-order valence-electron chi connectivity index (χ4n) is 1.80. The van der Waals surface area contributed by atoms with Crippen molar-refractivity contribution < 1.29 is 9.21 Å². The third-order valence-electron chi connectivity index (χ3n) is 2.94. The number of nitriles is 1. The van der Waals surface area contributed by atoms with Crippen molar-refractivity contribution in [2.75, 3.05) is 11.9 Å². The van der Waals surface area contributed by atoms with Gasteiger partial charge < -0.3 is 9.32 Å². The molecule has 0 spiro atoms. The maximum absolute atomic E-state index is 12.2. The summed E-state index contributed by atoms with van der Waals surface area (Å²) in [6.07, 6.45) is 1.54. The normalized spacial score (nSPS) is 11.2. The van der Waals surface area contributed by atoms with Crippen molar-refractivity contribution in [3.63, 3.8) is 0 Å². The topological polar surface area (TPSA) is 57.2 Å². The third kappa shape index (κ3) is 1.84. The van der Waals surface area contributed by atoms with Crippen LogP contribution in [0.5, 0.6) is 0 Å². The Bertz CT molecular complexity index is 635. The number of benzene rings is 1. The zero-order valence-electron chi connectivity index (χ0n) is 10.6. The quantitative estimate of drug-likeness (QED) is 0.813. The van der Waals surface area contributed by atoms with E-state index in [9.17, 15) is 4.79 Å². The van der Waals surface area contributed by atoms with Gasteiger partial charge in [-0.3, -0.25) is 4.79 Å². The number of hydrogen-bond donors (Lipinski definition) is 0. The molecule has 1 aromatic carbocycles. The minimum atomic E-state index is -1.05. The van der Waals surface area contributed by atoms with E-state index in [0.29, 0.717) is 5.69 Å². The van der Waals surface area contributed by atoms with Crippen molar-refractivity contribution in [3.8, 4) is 6.07 Å². The summed E-state index contributed by atoms with van der Waals surface area (Å²) in [4.78, 5) is 13.7. The molecule has 0 bridgehead atoms. The molecular weight excluding hydrogens is 228 g/mol. The number of carbonyl (C=O) groups is 1. The second-order valence-electron chi connectivity index (χ2n) is 4.72. The summed E-state index contributed by atoms with van der Waals surface area (Å²) in [5, 5.41) is 9.87. The predicted molar refractivity (Wildman–Crippen MR) is 69.0 cm³/mol. The average Bonchev–Trinajstić information content (AvgIpc) is 2.80. The van der Waals surface area contributed by atoms with E-state index in [1.165, 1.54) is 11.2 Å². The van der Waals surface area contributed by atoms with Crippen LogP contribution in [0.2, 0.25) is 0 Å². The summed E-state index contributed by atoms with van der Waals surface area (Å²) < 4.78 is 5.39. The number of anilines is 1. The number of rotatable bonds is 2. The Morgan fingerprint density at radius 3 is 2.72 bits per heavy atom. The molecule has 1 aromatic heterocycles. The van der Waals surface area contributed by atoms with Crippen LogP contribution in [0.1, 0.15) is 13.8 Å². The van der Waals surface area contributed by atoms with E-state index in [4.69, 9.17) is 9.68 Å². The van der Waals surface area contributed by atoms with E-state index in [0.717, 1.165) is 11.0 Å². The molecular formula is C14H14N2O2. The molecule has 4 heteroatoms. The molecule has 2 rings (SSSR count). The third-order valence-corrected chi connectivity index (χ3v) is 2.94. The molecule has 92 valence electrons. The second-order valence-corrected chi connectivity index (χ2v) is 4.72. The molecule has 2 aromatic rings. The summed E-state index contributed by atoms with van der Waals surface area (Å²) >= 11 is 0. The first kappa shape index (κ1) is 12.2. The van der Waals surface area contributed by atoms with Gasteiger partial charge in [0.2, 0.25) is 5.91 Å². The molecule has 0 aliphatic carbocycles. The van der Waals surface area contributed by atoms with Gasteiger partial charge in [0.1, 0.15) is 17.3 Å². The maximum atomic E-state index is 12.2. The number of carbonyl (C=O) groups excluding carboxylic acids is 1. The minimum absolute atomic E-state index is 0.253. The highest BCUT2D eigenvalue weighted by atomic mass is 16.3. The first-order chi connectivity index (χ1) is 8.47. The van der Waals surface area contributed by atoms with Crippen LogP contribution in [0, 0.1) is 16.7 Å². The van der Waals surface area contributed by atoms with Gasteiger partial charge >= 0.3 is 0 Å². The van der Waals surface area contributed by atoms with Crippen molar-refractivity contribution in [1.82, 2.24) is 0 Å². The van der Waals surface area contributed by atoms with E-state index >= 15 is 0 Å². The van der Waals surface area contributed by atoms with Crippen LogP contribution in [0.15, 0.2) is 34.9 Å². The van der Waals surface area contributed by atoms with E-state index < -0.39 is 5.41 Å². The molecule has 0 fully saturated rings. The number of hydrogen-bond acceptors (Lipinski definition) is 3. The Labute approximate surface area is 105 Å². The van der Waals surface area contributed by atoms with Gasteiger partial charge in [0.25, 0.3) is 0 Å². The molecule has 0 unspecified atom stereocenters. The van der Waals surface area contributed by atoms with Gasteiger partial charge in [-0.05, 0) is 26.0 Å². The zero-order chi connectivity index (χ0) is 13.3. The Morgan fingerprint density at radius 1 is 1.39 bits per heavy atom. The lowest BCUT2D eigenvalue weighted by Crippen LogP contribution is -2.37.